The second-order valence-corrected chi connectivity index (χ2v) is 4.73. The van der Waals surface area contributed by atoms with E-state index in [-0.39, 0.29) is 5.91 Å². The minimum absolute atomic E-state index is 0.153. The summed E-state index contributed by atoms with van der Waals surface area (Å²) in [5.41, 5.74) is 2.01. The largest absolute Gasteiger partial charge is 0.423 e. The molecule has 0 aliphatic rings. The van der Waals surface area contributed by atoms with Crippen molar-refractivity contribution in [2.75, 3.05) is 12.4 Å². The number of rotatable bonds is 5. The first-order valence-electron chi connectivity index (χ1n) is 6.76. The van der Waals surface area contributed by atoms with Crippen LogP contribution in [0, 0.1) is 0 Å². The number of ether oxygens (including phenoxy) is 2. The fourth-order valence-electron chi connectivity index (χ4n) is 1.93. The first-order valence-corrected chi connectivity index (χ1v) is 6.76. The fourth-order valence-corrected chi connectivity index (χ4v) is 1.93. The molecule has 2 aromatic rings. The number of esters is 1. The summed E-state index contributed by atoms with van der Waals surface area (Å²) in [6.45, 7) is 1.87. The molecule has 0 unspecified atom stereocenters. The number of carbonyl (C=O) groups excluding carboxylic acids is 2. The highest BCUT2D eigenvalue weighted by molar-refractivity contribution is 5.91. The molecule has 1 amide bonds. The molecule has 2 aromatic carbocycles. The molecule has 5 heteroatoms. The molecule has 114 valence electrons. The fraction of sp³-hybridized carbons (Fsp3) is 0.176. The second-order valence-electron chi connectivity index (χ2n) is 4.73. The van der Waals surface area contributed by atoms with Crippen LogP contribution < -0.4 is 10.1 Å². The lowest BCUT2D eigenvalue weighted by atomic mass is 10.1. The summed E-state index contributed by atoms with van der Waals surface area (Å²) >= 11 is 0. The Morgan fingerprint density at radius 1 is 1.09 bits per heavy atom. The van der Waals surface area contributed by atoms with Crippen LogP contribution in [0.15, 0.2) is 48.5 Å². The summed E-state index contributed by atoms with van der Waals surface area (Å²) < 4.78 is 10.3. The lowest BCUT2D eigenvalue weighted by Crippen LogP contribution is -2.09. The molecule has 0 saturated carbocycles. The molecule has 0 fully saturated rings. The van der Waals surface area contributed by atoms with E-state index in [1.165, 1.54) is 6.92 Å². The summed E-state index contributed by atoms with van der Waals surface area (Å²) in [5.74, 6) is -0.179. The predicted octanol–water partition coefficient (Wildman–Crippen LogP) is 3.01. The minimum Gasteiger partial charge on any atom is -0.423 e. The van der Waals surface area contributed by atoms with E-state index in [0.717, 1.165) is 5.56 Å². The van der Waals surface area contributed by atoms with Gasteiger partial charge in [-0.3, -0.25) is 4.79 Å². The van der Waals surface area contributed by atoms with Crippen LogP contribution in [-0.4, -0.2) is 19.0 Å². The van der Waals surface area contributed by atoms with Gasteiger partial charge in [-0.2, -0.15) is 0 Å². The Bertz CT molecular complexity index is 665. The molecule has 0 atom stereocenters. The van der Waals surface area contributed by atoms with Gasteiger partial charge in [-0.15, -0.1) is 0 Å². The molecule has 0 aromatic heterocycles. The highest BCUT2D eigenvalue weighted by Crippen LogP contribution is 2.17. The van der Waals surface area contributed by atoms with E-state index in [1.54, 1.807) is 49.6 Å². The molecule has 0 bridgehead atoms. The van der Waals surface area contributed by atoms with Crippen molar-refractivity contribution in [3.8, 4) is 5.75 Å². The molecule has 2 rings (SSSR count). The van der Waals surface area contributed by atoms with Gasteiger partial charge in [-0.25, -0.2) is 4.79 Å². The summed E-state index contributed by atoms with van der Waals surface area (Å²) in [6, 6.07) is 13.7. The molecule has 0 aliphatic heterocycles. The Morgan fingerprint density at radius 3 is 2.45 bits per heavy atom. The Balaban J connectivity index is 2.05. The van der Waals surface area contributed by atoms with Crippen LogP contribution in [-0.2, 0) is 16.1 Å². The number of amides is 1. The van der Waals surface area contributed by atoms with E-state index in [4.69, 9.17) is 9.47 Å². The van der Waals surface area contributed by atoms with Gasteiger partial charge in [0.1, 0.15) is 5.75 Å². The van der Waals surface area contributed by atoms with E-state index in [2.05, 4.69) is 5.32 Å². The van der Waals surface area contributed by atoms with Gasteiger partial charge in [0, 0.05) is 19.7 Å². The van der Waals surface area contributed by atoms with Gasteiger partial charge in [0.05, 0.1) is 12.2 Å². The lowest BCUT2D eigenvalue weighted by Gasteiger charge is -2.07. The highest BCUT2D eigenvalue weighted by atomic mass is 16.5. The van der Waals surface area contributed by atoms with Gasteiger partial charge in [-0.1, -0.05) is 12.1 Å². The summed E-state index contributed by atoms with van der Waals surface area (Å²) in [4.78, 5) is 23.0. The normalized spacial score (nSPS) is 10.1. The second kappa shape index (κ2) is 7.38. The monoisotopic (exact) mass is 299 g/mol. The Morgan fingerprint density at radius 2 is 1.82 bits per heavy atom. The molecule has 0 aliphatic carbocycles. The van der Waals surface area contributed by atoms with Crippen molar-refractivity contribution in [1.82, 2.24) is 0 Å². The van der Waals surface area contributed by atoms with E-state index in [1.807, 2.05) is 6.07 Å². The molecular formula is C17H17NO4. The summed E-state index contributed by atoms with van der Waals surface area (Å²) in [6.07, 6.45) is 0. The third-order valence-corrected chi connectivity index (χ3v) is 2.86. The van der Waals surface area contributed by atoms with Crippen molar-refractivity contribution in [2.45, 2.75) is 13.5 Å². The minimum atomic E-state index is -0.440. The molecule has 22 heavy (non-hydrogen) atoms. The molecular weight excluding hydrogens is 282 g/mol. The molecule has 1 N–H and O–H groups in total. The van der Waals surface area contributed by atoms with Crippen molar-refractivity contribution in [3.63, 3.8) is 0 Å². The first kappa shape index (κ1) is 15.7. The molecule has 0 radical (unpaired) electrons. The van der Waals surface area contributed by atoms with Gasteiger partial charge in [0.15, 0.2) is 0 Å². The van der Waals surface area contributed by atoms with Crippen LogP contribution in [0.4, 0.5) is 5.69 Å². The number of methoxy groups -OCH3 is 1. The van der Waals surface area contributed by atoms with Gasteiger partial charge < -0.3 is 14.8 Å². The predicted molar refractivity (Wildman–Crippen MR) is 82.9 cm³/mol. The summed E-state index contributed by atoms with van der Waals surface area (Å²) in [5, 5.41) is 2.65. The molecule has 0 spiro atoms. The maximum atomic E-state index is 12.1. The van der Waals surface area contributed by atoms with Crippen LogP contribution in [0.5, 0.6) is 5.75 Å². The van der Waals surface area contributed by atoms with Crippen LogP contribution in [0.3, 0.4) is 0 Å². The van der Waals surface area contributed by atoms with E-state index in [0.29, 0.717) is 23.6 Å². The van der Waals surface area contributed by atoms with Crippen molar-refractivity contribution < 1.29 is 19.1 Å². The zero-order chi connectivity index (χ0) is 15.9. The topological polar surface area (TPSA) is 64.6 Å². The zero-order valence-corrected chi connectivity index (χ0v) is 12.5. The van der Waals surface area contributed by atoms with Crippen LogP contribution in [0.1, 0.15) is 22.8 Å². The SMILES string of the molecule is COCc1cccc(C(=O)Oc2ccc(NC(C)=O)cc2)c1. The van der Waals surface area contributed by atoms with Gasteiger partial charge in [0.25, 0.3) is 0 Å². The summed E-state index contributed by atoms with van der Waals surface area (Å²) in [7, 11) is 1.60. The van der Waals surface area contributed by atoms with Crippen molar-refractivity contribution in [3.05, 3.63) is 59.7 Å². The Kier molecular flexibility index (Phi) is 5.27. The van der Waals surface area contributed by atoms with Crippen molar-refractivity contribution in [2.24, 2.45) is 0 Å². The van der Waals surface area contributed by atoms with E-state index in [9.17, 15) is 9.59 Å². The van der Waals surface area contributed by atoms with Crippen LogP contribution in [0.2, 0.25) is 0 Å². The zero-order valence-electron chi connectivity index (χ0n) is 12.5. The standard InChI is InChI=1S/C17H17NO4/c1-12(19)18-15-6-8-16(9-7-15)22-17(20)14-5-3-4-13(10-14)11-21-2/h3-10H,11H2,1-2H3,(H,18,19). The van der Waals surface area contributed by atoms with Gasteiger partial charge in [0.2, 0.25) is 5.91 Å². The average molecular weight is 299 g/mol. The maximum Gasteiger partial charge on any atom is 0.343 e. The van der Waals surface area contributed by atoms with Crippen molar-refractivity contribution >= 4 is 17.6 Å². The maximum absolute atomic E-state index is 12.1. The van der Waals surface area contributed by atoms with Crippen LogP contribution >= 0.6 is 0 Å². The molecule has 0 saturated heterocycles. The number of carbonyl (C=O) groups is 2. The Hall–Kier alpha value is -2.66. The Labute approximate surface area is 128 Å². The van der Waals surface area contributed by atoms with E-state index >= 15 is 0 Å². The van der Waals surface area contributed by atoms with Gasteiger partial charge in [-0.05, 0) is 42.0 Å². The number of anilines is 1. The smallest absolute Gasteiger partial charge is 0.343 e. The number of hydrogen-bond donors (Lipinski definition) is 1. The third kappa shape index (κ3) is 4.43. The third-order valence-electron chi connectivity index (χ3n) is 2.86. The number of benzene rings is 2. The van der Waals surface area contributed by atoms with Crippen molar-refractivity contribution in [1.29, 1.82) is 0 Å². The quantitative estimate of drug-likeness (QED) is 0.681. The number of hydrogen-bond acceptors (Lipinski definition) is 4. The average Bonchev–Trinajstić information content (AvgIpc) is 2.49. The van der Waals surface area contributed by atoms with Gasteiger partial charge >= 0.3 is 5.97 Å². The molecule has 5 nitrogen and oxygen atoms in total. The lowest BCUT2D eigenvalue weighted by molar-refractivity contribution is -0.114. The first-order chi connectivity index (χ1) is 10.6. The number of nitrogens with one attached hydrogen (secondary N) is 1. The van der Waals surface area contributed by atoms with Crippen LogP contribution in [0.25, 0.3) is 0 Å². The molecule has 0 heterocycles. The van der Waals surface area contributed by atoms with E-state index < -0.39 is 5.97 Å². The highest BCUT2D eigenvalue weighted by Gasteiger charge is 2.09.